The van der Waals surface area contributed by atoms with E-state index < -0.39 is 0 Å². The third-order valence-electron chi connectivity index (χ3n) is 2.02. The normalized spacial score (nSPS) is 10.4. The summed E-state index contributed by atoms with van der Waals surface area (Å²) in [6.45, 7) is 1.92. The fraction of sp³-hybridized carbons (Fsp3) is 0.100. The number of anilines is 1. The van der Waals surface area contributed by atoms with Gasteiger partial charge in [-0.1, -0.05) is 0 Å². The van der Waals surface area contributed by atoms with E-state index in [2.05, 4.69) is 26.3 Å². The van der Waals surface area contributed by atoms with E-state index in [1.165, 1.54) is 0 Å². The number of rotatable bonds is 1. The summed E-state index contributed by atoms with van der Waals surface area (Å²) < 4.78 is 1.08. The number of nitrogens with zero attached hydrogens (tertiary/aromatic N) is 1. The number of hydrogen-bond acceptors (Lipinski definition) is 3. The highest BCUT2D eigenvalue weighted by molar-refractivity contribution is 9.10. The lowest BCUT2D eigenvalue weighted by atomic mass is 10.2. The largest absolute Gasteiger partial charge is 0.397 e. The Morgan fingerprint density at radius 1 is 1.36 bits per heavy atom. The molecule has 2 aromatic heterocycles. The molecule has 2 heterocycles. The average Bonchev–Trinajstić information content (AvgIpc) is 2.57. The maximum atomic E-state index is 5.71. The fourth-order valence-electron chi connectivity index (χ4n) is 1.19. The fourth-order valence-corrected chi connectivity index (χ4v) is 2.68. The van der Waals surface area contributed by atoms with E-state index in [1.807, 2.05) is 24.4 Å². The van der Waals surface area contributed by atoms with E-state index in [0.29, 0.717) is 0 Å². The lowest BCUT2D eigenvalue weighted by Crippen LogP contribution is -1.93. The van der Waals surface area contributed by atoms with Gasteiger partial charge >= 0.3 is 0 Å². The van der Waals surface area contributed by atoms with Gasteiger partial charge in [0.25, 0.3) is 0 Å². The molecule has 0 radical (unpaired) electrons. The third kappa shape index (κ3) is 1.67. The number of nitrogens with two attached hydrogens (primary N) is 1. The van der Waals surface area contributed by atoms with Crippen LogP contribution in [0.15, 0.2) is 27.4 Å². The highest BCUT2D eigenvalue weighted by Gasteiger charge is 2.06. The Morgan fingerprint density at radius 2 is 2.14 bits per heavy atom. The summed E-state index contributed by atoms with van der Waals surface area (Å²) in [6.07, 6.45) is 0. The van der Waals surface area contributed by atoms with Gasteiger partial charge in [-0.15, -0.1) is 0 Å². The molecule has 0 aliphatic carbocycles. The number of thiophene rings is 1. The van der Waals surface area contributed by atoms with Gasteiger partial charge < -0.3 is 5.73 Å². The van der Waals surface area contributed by atoms with Crippen LogP contribution in [0.4, 0.5) is 5.69 Å². The van der Waals surface area contributed by atoms with Gasteiger partial charge in [-0.3, -0.25) is 4.98 Å². The molecule has 0 aromatic carbocycles. The molecule has 0 bridgehead atoms. The average molecular weight is 269 g/mol. The van der Waals surface area contributed by atoms with Crippen LogP contribution in [0.3, 0.4) is 0 Å². The van der Waals surface area contributed by atoms with Gasteiger partial charge in [0, 0.05) is 20.8 Å². The topological polar surface area (TPSA) is 38.9 Å². The highest BCUT2D eigenvalue weighted by Crippen LogP contribution is 2.30. The Hall–Kier alpha value is -0.870. The van der Waals surface area contributed by atoms with Crippen molar-refractivity contribution in [2.24, 2.45) is 0 Å². The third-order valence-corrected chi connectivity index (χ3v) is 3.72. The summed E-state index contributed by atoms with van der Waals surface area (Å²) in [5.74, 6) is 0. The van der Waals surface area contributed by atoms with Crippen LogP contribution in [-0.4, -0.2) is 4.98 Å². The van der Waals surface area contributed by atoms with E-state index in [1.54, 1.807) is 11.3 Å². The zero-order chi connectivity index (χ0) is 10.1. The molecule has 2 aromatic rings. The molecular formula is C10H9BrN2S. The first-order chi connectivity index (χ1) is 6.68. The van der Waals surface area contributed by atoms with E-state index in [0.717, 1.165) is 27.1 Å². The van der Waals surface area contributed by atoms with E-state index in [4.69, 9.17) is 5.73 Å². The van der Waals surface area contributed by atoms with Crippen LogP contribution in [0.25, 0.3) is 11.3 Å². The van der Waals surface area contributed by atoms with Crippen molar-refractivity contribution in [3.63, 3.8) is 0 Å². The second-order valence-electron chi connectivity index (χ2n) is 3.00. The van der Waals surface area contributed by atoms with E-state index in [-0.39, 0.29) is 0 Å². The van der Waals surface area contributed by atoms with Gasteiger partial charge in [-0.2, -0.15) is 11.3 Å². The Balaban J connectivity index is 2.53. The van der Waals surface area contributed by atoms with Gasteiger partial charge in [0.05, 0.1) is 17.1 Å². The molecule has 0 amide bonds. The Labute approximate surface area is 94.9 Å². The number of pyridine rings is 1. The molecule has 4 heteroatoms. The van der Waals surface area contributed by atoms with Crippen LogP contribution in [0.2, 0.25) is 0 Å². The molecule has 14 heavy (non-hydrogen) atoms. The van der Waals surface area contributed by atoms with E-state index in [9.17, 15) is 0 Å². The van der Waals surface area contributed by atoms with Crippen LogP contribution in [0, 0.1) is 6.92 Å². The maximum absolute atomic E-state index is 5.71. The van der Waals surface area contributed by atoms with Crippen molar-refractivity contribution in [2.45, 2.75) is 6.92 Å². The number of hydrogen-bond donors (Lipinski definition) is 1. The summed E-state index contributed by atoms with van der Waals surface area (Å²) >= 11 is 5.14. The minimum Gasteiger partial charge on any atom is -0.397 e. The zero-order valence-corrected chi connectivity index (χ0v) is 10.0. The van der Waals surface area contributed by atoms with Crippen molar-refractivity contribution in [1.82, 2.24) is 4.98 Å². The molecule has 2 nitrogen and oxygen atoms in total. The Bertz CT molecular complexity index is 465. The first-order valence-corrected chi connectivity index (χ1v) is 5.87. The number of aromatic nitrogens is 1. The highest BCUT2D eigenvalue weighted by atomic mass is 79.9. The van der Waals surface area contributed by atoms with Gasteiger partial charge in [-0.05, 0) is 35.0 Å². The second kappa shape index (κ2) is 3.71. The van der Waals surface area contributed by atoms with Crippen molar-refractivity contribution in [3.05, 3.63) is 33.1 Å². The van der Waals surface area contributed by atoms with Crippen molar-refractivity contribution < 1.29 is 0 Å². The van der Waals surface area contributed by atoms with Crippen molar-refractivity contribution >= 4 is 33.0 Å². The summed E-state index contributed by atoms with van der Waals surface area (Å²) in [5, 5.41) is 4.12. The summed E-state index contributed by atoms with van der Waals surface area (Å²) in [6, 6.07) is 3.83. The lowest BCUT2D eigenvalue weighted by Gasteiger charge is -2.02. The van der Waals surface area contributed by atoms with Crippen molar-refractivity contribution in [2.75, 3.05) is 5.73 Å². The Morgan fingerprint density at radius 3 is 2.71 bits per heavy atom. The maximum Gasteiger partial charge on any atom is 0.0726 e. The van der Waals surface area contributed by atoms with Crippen LogP contribution >= 0.6 is 27.3 Å². The number of nitrogen functional groups attached to an aromatic ring is 1. The van der Waals surface area contributed by atoms with Crippen LogP contribution in [0.5, 0.6) is 0 Å². The minimum absolute atomic E-state index is 0.736. The number of halogens is 1. The monoisotopic (exact) mass is 268 g/mol. The van der Waals surface area contributed by atoms with Crippen LogP contribution < -0.4 is 5.73 Å². The molecule has 0 spiro atoms. The van der Waals surface area contributed by atoms with E-state index >= 15 is 0 Å². The van der Waals surface area contributed by atoms with Crippen molar-refractivity contribution in [1.29, 1.82) is 0 Å². The SMILES string of the molecule is Cc1nc(-c2cscc2Br)ccc1N. The predicted octanol–water partition coefficient (Wildman–Crippen LogP) is 3.46. The molecule has 0 fully saturated rings. The summed E-state index contributed by atoms with van der Waals surface area (Å²) in [5.41, 5.74) is 9.41. The molecule has 0 atom stereocenters. The molecule has 0 aliphatic rings. The first kappa shape index (κ1) is 9.68. The van der Waals surface area contributed by atoms with Gasteiger partial charge in [0.2, 0.25) is 0 Å². The second-order valence-corrected chi connectivity index (χ2v) is 4.60. The molecule has 2 N–H and O–H groups in total. The smallest absolute Gasteiger partial charge is 0.0726 e. The minimum atomic E-state index is 0.736. The molecular weight excluding hydrogens is 260 g/mol. The van der Waals surface area contributed by atoms with Crippen LogP contribution in [-0.2, 0) is 0 Å². The molecule has 72 valence electrons. The van der Waals surface area contributed by atoms with Crippen molar-refractivity contribution in [3.8, 4) is 11.3 Å². The summed E-state index contributed by atoms with van der Waals surface area (Å²) in [4.78, 5) is 4.43. The molecule has 0 unspecified atom stereocenters. The quantitative estimate of drug-likeness (QED) is 0.861. The first-order valence-electron chi connectivity index (χ1n) is 4.13. The number of aryl methyl sites for hydroxylation is 1. The van der Waals surface area contributed by atoms with Gasteiger partial charge in [0.1, 0.15) is 0 Å². The molecule has 0 saturated heterocycles. The van der Waals surface area contributed by atoms with Gasteiger partial charge in [0.15, 0.2) is 0 Å². The van der Waals surface area contributed by atoms with Gasteiger partial charge in [-0.25, -0.2) is 0 Å². The standard InChI is InChI=1S/C10H9BrN2S/c1-6-9(12)2-3-10(13-6)7-4-14-5-8(7)11/h2-5H,12H2,1H3. The zero-order valence-electron chi connectivity index (χ0n) is 7.62. The van der Waals surface area contributed by atoms with Crippen LogP contribution in [0.1, 0.15) is 5.69 Å². The molecule has 0 aliphatic heterocycles. The Kier molecular flexibility index (Phi) is 2.56. The molecule has 0 saturated carbocycles. The molecule has 2 rings (SSSR count). The predicted molar refractivity (Wildman–Crippen MR) is 64.4 cm³/mol. The summed E-state index contributed by atoms with van der Waals surface area (Å²) in [7, 11) is 0. The lowest BCUT2D eigenvalue weighted by molar-refractivity contribution is 1.21.